The summed E-state index contributed by atoms with van der Waals surface area (Å²) in [5.74, 6) is 1.33. The summed E-state index contributed by atoms with van der Waals surface area (Å²) in [4.78, 5) is 11.1. The SMILES string of the molecule is CC(=O)[C@@H](N)CSSCCC(O)NCCOCCOCCOCCOCCOCCOCCOCCOCCOCCOCCn1cc(C)nn1. The Morgan fingerprint density at radius 3 is 1.47 bits per heavy atom. The molecular weight excluding hydrogens is 711 g/mol. The molecule has 4 N–H and O–H groups in total. The van der Waals surface area contributed by atoms with Gasteiger partial charge in [-0.3, -0.25) is 10.1 Å². The zero-order chi connectivity index (χ0) is 36.9. The van der Waals surface area contributed by atoms with Crippen LogP contribution < -0.4 is 11.1 Å². The van der Waals surface area contributed by atoms with Crippen molar-refractivity contribution < 1.29 is 57.3 Å². The Balaban J connectivity index is 1.64. The maximum atomic E-state index is 11.1. The minimum atomic E-state index is -0.592. The normalized spacial score (nSPS) is 12.9. The van der Waals surface area contributed by atoms with E-state index in [9.17, 15) is 9.90 Å². The third kappa shape index (κ3) is 34.5. The molecule has 1 aromatic rings. The van der Waals surface area contributed by atoms with E-state index in [4.69, 9.17) is 53.1 Å². The third-order valence-corrected chi connectivity index (χ3v) is 8.89. The lowest BCUT2D eigenvalue weighted by atomic mass is 10.3. The third-order valence-electron chi connectivity index (χ3n) is 6.42. The standard InChI is InChI=1S/C32H63N5O12S2/c1-29-27-37(36-35-29)5-7-41-9-11-43-13-15-45-17-19-47-21-23-49-25-24-48-22-20-46-18-16-44-14-12-42-10-8-40-6-4-34-32(39)3-26-50-51-28-31(33)30(2)38/h27,31-32,34,39H,3-26,28,33H2,1-2H3/t31-,32?/m0/s1. The molecule has 51 heavy (non-hydrogen) atoms. The van der Waals surface area contributed by atoms with E-state index in [0.29, 0.717) is 157 Å². The van der Waals surface area contributed by atoms with Crippen molar-refractivity contribution in [3.63, 3.8) is 0 Å². The molecule has 1 heterocycles. The first-order chi connectivity index (χ1) is 25.0. The Morgan fingerprint density at radius 1 is 0.706 bits per heavy atom. The molecule has 1 aromatic heterocycles. The van der Waals surface area contributed by atoms with Crippen LogP contribution in [0.1, 0.15) is 19.0 Å². The van der Waals surface area contributed by atoms with E-state index in [1.807, 2.05) is 13.1 Å². The highest BCUT2D eigenvalue weighted by Gasteiger charge is 2.08. The minimum absolute atomic E-state index is 0.0101. The summed E-state index contributed by atoms with van der Waals surface area (Å²) in [5, 5.41) is 20.8. The number of ether oxygens (including phenoxy) is 10. The number of aryl methyl sites for hydroxylation is 1. The summed E-state index contributed by atoms with van der Waals surface area (Å²) in [5.41, 5.74) is 6.57. The van der Waals surface area contributed by atoms with Gasteiger partial charge in [-0.1, -0.05) is 26.8 Å². The second kappa shape index (κ2) is 37.3. The zero-order valence-corrected chi connectivity index (χ0v) is 32.2. The molecule has 300 valence electrons. The van der Waals surface area contributed by atoms with Gasteiger partial charge in [-0.25, -0.2) is 4.68 Å². The van der Waals surface area contributed by atoms with E-state index in [2.05, 4.69) is 15.6 Å². The van der Waals surface area contributed by atoms with Gasteiger partial charge in [0.15, 0.2) is 0 Å². The van der Waals surface area contributed by atoms with Crippen LogP contribution >= 0.6 is 21.6 Å². The molecule has 0 bridgehead atoms. The molecule has 0 saturated carbocycles. The Morgan fingerprint density at radius 2 is 1.10 bits per heavy atom. The molecule has 1 rings (SSSR count). The van der Waals surface area contributed by atoms with Crippen molar-refractivity contribution in [1.82, 2.24) is 20.3 Å². The van der Waals surface area contributed by atoms with Gasteiger partial charge in [-0.15, -0.1) is 5.10 Å². The molecule has 0 aliphatic rings. The van der Waals surface area contributed by atoms with Crippen LogP contribution in [0.25, 0.3) is 0 Å². The van der Waals surface area contributed by atoms with E-state index in [0.717, 1.165) is 11.4 Å². The summed E-state index contributed by atoms with van der Waals surface area (Å²) >= 11 is 0. The van der Waals surface area contributed by atoms with Crippen LogP contribution in [0.3, 0.4) is 0 Å². The van der Waals surface area contributed by atoms with E-state index >= 15 is 0 Å². The van der Waals surface area contributed by atoms with Crippen LogP contribution in [0.4, 0.5) is 0 Å². The van der Waals surface area contributed by atoms with Crippen molar-refractivity contribution in [3.8, 4) is 0 Å². The molecule has 1 unspecified atom stereocenters. The maximum absolute atomic E-state index is 11.1. The van der Waals surface area contributed by atoms with E-state index in [-0.39, 0.29) is 5.78 Å². The highest BCUT2D eigenvalue weighted by Crippen LogP contribution is 2.22. The van der Waals surface area contributed by atoms with E-state index < -0.39 is 12.3 Å². The summed E-state index contributed by atoms with van der Waals surface area (Å²) in [6.07, 6.45) is 1.89. The number of aliphatic hydroxyl groups excluding tert-OH is 1. The number of carbonyl (C=O) groups excluding carboxylic acids is 1. The van der Waals surface area contributed by atoms with Crippen LogP contribution in [-0.4, -0.2) is 188 Å². The van der Waals surface area contributed by atoms with E-state index in [1.165, 1.54) is 6.92 Å². The van der Waals surface area contributed by atoms with Crippen molar-refractivity contribution in [2.45, 2.75) is 39.1 Å². The molecule has 0 fully saturated rings. The Hall–Kier alpha value is -1.01. The first-order valence-corrected chi connectivity index (χ1v) is 20.0. The molecule has 19 heteroatoms. The Kier molecular flexibility index (Phi) is 35.1. The number of carbonyl (C=O) groups is 1. The zero-order valence-electron chi connectivity index (χ0n) is 30.6. The molecule has 0 aromatic carbocycles. The Labute approximate surface area is 311 Å². The molecule has 0 aliphatic carbocycles. The van der Waals surface area contributed by atoms with Gasteiger partial charge in [-0.05, 0) is 20.3 Å². The topological polar surface area (TPSA) is 198 Å². The number of Topliss-reactive ketones (excluding diaryl/α,β-unsaturated/α-hetero) is 1. The fraction of sp³-hybridized carbons (Fsp3) is 0.906. The molecule has 2 atom stereocenters. The highest BCUT2D eigenvalue weighted by molar-refractivity contribution is 8.76. The van der Waals surface area contributed by atoms with Crippen LogP contribution in [0.15, 0.2) is 6.20 Å². The lowest BCUT2D eigenvalue weighted by Gasteiger charge is -2.13. The first kappa shape index (κ1) is 48.0. The number of ketones is 1. The van der Waals surface area contributed by atoms with Gasteiger partial charge < -0.3 is 58.2 Å². The molecule has 0 saturated heterocycles. The smallest absolute Gasteiger partial charge is 0.147 e. The summed E-state index contributed by atoms with van der Waals surface area (Å²) < 4.78 is 56.6. The lowest BCUT2D eigenvalue weighted by Crippen LogP contribution is -2.32. The van der Waals surface area contributed by atoms with Crippen LogP contribution in [0.2, 0.25) is 0 Å². The predicted octanol–water partition coefficient (Wildman–Crippen LogP) is 0.348. The van der Waals surface area contributed by atoms with Crippen LogP contribution in [-0.2, 0) is 58.7 Å². The average Bonchev–Trinajstić information content (AvgIpc) is 3.54. The molecular formula is C32H63N5O12S2. The van der Waals surface area contributed by atoms with Crippen LogP contribution in [0.5, 0.6) is 0 Å². The highest BCUT2D eigenvalue weighted by atomic mass is 33.1. The van der Waals surface area contributed by atoms with Gasteiger partial charge in [0.2, 0.25) is 0 Å². The van der Waals surface area contributed by atoms with Crippen molar-refractivity contribution in [2.24, 2.45) is 5.73 Å². The molecule has 0 amide bonds. The number of hydrogen-bond donors (Lipinski definition) is 3. The van der Waals surface area contributed by atoms with Gasteiger partial charge >= 0.3 is 0 Å². The van der Waals surface area contributed by atoms with Crippen molar-refractivity contribution >= 4 is 27.4 Å². The summed E-state index contributed by atoms with van der Waals surface area (Å²) in [6.45, 7) is 14.6. The summed E-state index contributed by atoms with van der Waals surface area (Å²) in [7, 11) is 3.15. The van der Waals surface area contributed by atoms with Gasteiger partial charge in [-0.2, -0.15) is 0 Å². The second-order valence-electron chi connectivity index (χ2n) is 10.8. The van der Waals surface area contributed by atoms with Crippen molar-refractivity contribution in [3.05, 3.63) is 11.9 Å². The van der Waals surface area contributed by atoms with E-state index in [1.54, 1.807) is 26.3 Å². The number of aromatic nitrogens is 3. The number of hydrogen-bond acceptors (Lipinski definition) is 18. The average molecular weight is 774 g/mol. The number of rotatable bonds is 41. The first-order valence-electron chi connectivity index (χ1n) is 17.5. The van der Waals surface area contributed by atoms with Crippen molar-refractivity contribution in [1.29, 1.82) is 0 Å². The largest absolute Gasteiger partial charge is 0.379 e. The number of nitrogens with zero attached hydrogens (tertiary/aromatic N) is 3. The van der Waals surface area contributed by atoms with Gasteiger partial charge in [0, 0.05) is 24.2 Å². The van der Waals surface area contributed by atoms with Gasteiger partial charge in [0.25, 0.3) is 0 Å². The fourth-order valence-electron chi connectivity index (χ4n) is 3.60. The van der Waals surface area contributed by atoms with Gasteiger partial charge in [0.05, 0.1) is 150 Å². The Bertz CT molecular complexity index is 900. The van der Waals surface area contributed by atoms with Crippen molar-refractivity contribution in [2.75, 3.05) is 150 Å². The predicted molar refractivity (Wildman–Crippen MR) is 195 cm³/mol. The minimum Gasteiger partial charge on any atom is -0.379 e. The van der Waals surface area contributed by atoms with Crippen LogP contribution in [0, 0.1) is 6.92 Å². The lowest BCUT2D eigenvalue weighted by molar-refractivity contribution is -0.117. The molecule has 0 aliphatic heterocycles. The second-order valence-corrected chi connectivity index (χ2v) is 13.5. The molecule has 0 radical (unpaired) electrons. The number of aliphatic hydroxyl groups is 1. The number of nitrogens with two attached hydrogens (primary N) is 1. The molecule has 17 nitrogen and oxygen atoms in total. The summed E-state index contributed by atoms with van der Waals surface area (Å²) in [6, 6.07) is -0.423. The number of nitrogens with one attached hydrogen (secondary N) is 1. The quantitative estimate of drug-likeness (QED) is 0.0468. The van der Waals surface area contributed by atoms with Gasteiger partial charge in [0.1, 0.15) is 12.0 Å². The maximum Gasteiger partial charge on any atom is 0.147 e. The monoisotopic (exact) mass is 773 g/mol. The fourth-order valence-corrected chi connectivity index (χ4v) is 5.89. The molecule has 0 spiro atoms.